The average Bonchev–Trinajstić information content (AvgIpc) is 2.28. The van der Waals surface area contributed by atoms with Crippen LogP contribution in [0.2, 0.25) is 0 Å². The minimum absolute atomic E-state index is 0.0122. The van der Waals surface area contributed by atoms with E-state index >= 15 is 0 Å². The van der Waals surface area contributed by atoms with E-state index in [1.54, 1.807) is 12.1 Å². The van der Waals surface area contributed by atoms with Gasteiger partial charge in [0, 0.05) is 12.1 Å². The Labute approximate surface area is 100 Å². The second-order valence-electron chi connectivity index (χ2n) is 3.72. The van der Waals surface area contributed by atoms with Crippen LogP contribution in [0.25, 0.3) is 0 Å². The van der Waals surface area contributed by atoms with Crippen LogP contribution in [0, 0.1) is 6.92 Å². The Bertz CT molecular complexity index is 417. The molecule has 0 bridgehead atoms. The summed E-state index contributed by atoms with van der Waals surface area (Å²) in [6.07, 6.45) is 0. The summed E-state index contributed by atoms with van der Waals surface area (Å²) < 4.78 is 10.4. The van der Waals surface area contributed by atoms with E-state index in [1.165, 1.54) is 14.2 Å². The maximum absolute atomic E-state index is 11.1. The van der Waals surface area contributed by atoms with Crippen LogP contribution in [-0.2, 0) is 4.79 Å². The Morgan fingerprint density at radius 3 is 2.47 bits per heavy atom. The molecule has 0 aliphatic heterocycles. The fourth-order valence-corrected chi connectivity index (χ4v) is 1.76. The second-order valence-corrected chi connectivity index (χ2v) is 3.72. The van der Waals surface area contributed by atoms with Crippen LogP contribution in [0.1, 0.15) is 17.0 Å². The molecule has 1 aromatic rings. The highest BCUT2D eigenvalue weighted by atomic mass is 16.5. The molecule has 5 heteroatoms. The van der Waals surface area contributed by atoms with E-state index in [-0.39, 0.29) is 6.54 Å². The van der Waals surface area contributed by atoms with Crippen LogP contribution in [0.3, 0.4) is 0 Å². The SMILES string of the molecule is COc1cc(C)cc(C(CN)C(=O)O)c1OC. The molecule has 1 unspecified atom stereocenters. The number of methoxy groups -OCH3 is 2. The van der Waals surface area contributed by atoms with Gasteiger partial charge in [0.25, 0.3) is 0 Å². The highest BCUT2D eigenvalue weighted by Crippen LogP contribution is 2.36. The Morgan fingerprint density at radius 1 is 1.41 bits per heavy atom. The van der Waals surface area contributed by atoms with E-state index in [2.05, 4.69) is 0 Å². The van der Waals surface area contributed by atoms with E-state index < -0.39 is 11.9 Å². The molecule has 17 heavy (non-hydrogen) atoms. The van der Waals surface area contributed by atoms with E-state index in [1.807, 2.05) is 6.92 Å². The van der Waals surface area contributed by atoms with Crippen molar-refractivity contribution in [1.82, 2.24) is 0 Å². The lowest BCUT2D eigenvalue weighted by atomic mass is 9.96. The van der Waals surface area contributed by atoms with Crippen molar-refractivity contribution < 1.29 is 19.4 Å². The first-order valence-corrected chi connectivity index (χ1v) is 5.20. The maximum Gasteiger partial charge on any atom is 0.312 e. The van der Waals surface area contributed by atoms with Gasteiger partial charge in [0.15, 0.2) is 11.5 Å². The zero-order valence-corrected chi connectivity index (χ0v) is 10.2. The van der Waals surface area contributed by atoms with Crippen LogP contribution in [0.4, 0.5) is 0 Å². The van der Waals surface area contributed by atoms with Crippen LogP contribution < -0.4 is 15.2 Å². The molecule has 3 N–H and O–H groups in total. The van der Waals surface area contributed by atoms with Gasteiger partial charge < -0.3 is 20.3 Å². The van der Waals surface area contributed by atoms with E-state index in [4.69, 9.17) is 20.3 Å². The number of benzene rings is 1. The summed E-state index contributed by atoms with van der Waals surface area (Å²) in [5.41, 5.74) is 6.94. The van der Waals surface area contributed by atoms with Gasteiger partial charge in [0.1, 0.15) is 0 Å². The lowest BCUT2D eigenvalue weighted by Gasteiger charge is -2.17. The van der Waals surface area contributed by atoms with Crippen molar-refractivity contribution >= 4 is 5.97 Å². The van der Waals surface area contributed by atoms with Gasteiger partial charge in [-0.3, -0.25) is 4.79 Å². The number of ether oxygens (including phenoxy) is 2. The van der Waals surface area contributed by atoms with Crippen LogP contribution >= 0.6 is 0 Å². The molecule has 0 aliphatic rings. The van der Waals surface area contributed by atoms with Gasteiger partial charge >= 0.3 is 5.97 Å². The molecule has 1 aromatic carbocycles. The third-order valence-corrected chi connectivity index (χ3v) is 2.56. The van der Waals surface area contributed by atoms with Gasteiger partial charge in [0.05, 0.1) is 20.1 Å². The highest BCUT2D eigenvalue weighted by molar-refractivity contribution is 5.78. The van der Waals surface area contributed by atoms with Crippen molar-refractivity contribution in [3.63, 3.8) is 0 Å². The minimum atomic E-state index is -0.974. The molecule has 94 valence electrons. The standard InChI is InChI=1S/C12H17NO4/c1-7-4-8(9(6-13)12(14)15)11(17-3)10(5-7)16-2/h4-5,9H,6,13H2,1-3H3,(H,14,15). The third-order valence-electron chi connectivity index (χ3n) is 2.56. The lowest BCUT2D eigenvalue weighted by molar-refractivity contribution is -0.138. The quantitative estimate of drug-likeness (QED) is 0.805. The molecule has 1 rings (SSSR count). The normalized spacial score (nSPS) is 12.0. The minimum Gasteiger partial charge on any atom is -0.493 e. The van der Waals surface area contributed by atoms with Gasteiger partial charge in [0.2, 0.25) is 0 Å². The Morgan fingerprint density at radius 2 is 2.06 bits per heavy atom. The molecule has 0 radical (unpaired) electrons. The molecule has 0 saturated carbocycles. The van der Waals surface area contributed by atoms with E-state index in [0.717, 1.165) is 5.56 Å². The molecular weight excluding hydrogens is 222 g/mol. The smallest absolute Gasteiger partial charge is 0.312 e. The molecule has 0 amide bonds. The first-order chi connectivity index (χ1) is 8.04. The van der Waals surface area contributed by atoms with Gasteiger partial charge in [-0.1, -0.05) is 6.07 Å². The zero-order chi connectivity index (χ0) is 13.0. The van der Waals surface area contributed by atoms with Gasteiger partial charge in [-0.15, -0.1) is 0 Å². The number of nitrogens with two attached hydrogens (primary N) is 1. The first-order valence-electron chi connectivity index (χ1n) is 5.20. The number of carbonyl (C=O) groups is 1. The molecule has 0 saturated heterocycles. The van der Waals surface area contributed by atoms with Crippen LogP contribution in [0.15, 0.2) is 12.1 Å². The van der Waals surface area contributed by atoms with Crippen molar-refractivity contribution in [3.8, 4) is 11.5 Å². The number of hydrogen-bond acceptors (Lipinski definition) is 4. The topological polar surface area (TPSA) is 81.8 Å². The van der Waals surface area contributed by atoms with Crippen LogP contribution in [0.5, 0.6) is 11.5 Å². The summed E-state index contributed by atoms with van der Waals surface area (Å²) in [6, 6.07) is 3.55. The lowest BCUT2D eigenvalue weighted by Crippen LogP contribution is -2.22. The Balaban J connectivity index is 3.39. The number of hydrogen-bond donors (Lipinski definition) is 2. The summed E-state index contributed by atoms with van der Waals surface area (Å²) in [6.45, 7) is 1.87. The number of carboxylic acids is 1. The number of rotatable bonds is 5. The fraction of sp³-hybridized carbons (Fsp3) is 0.417. The summed E-state index contributed by atoms with van der Waals surface area (Å²) >= 11 is 0. The second kappa shape index (κ2) is 5.54. The molecule has 0 aliphatic carbocycles. The monoisotopic (exact) mass is 239 g/mol. The van der Waals surface area contributed by atoms with Gasteiger partial charge in [-0.25, -0.2) is 0 Å². The summed E-state index contributed by atoms with van der Waals surface area (Å²) in [4.78, 5) is 11.1. The molecule has 0 heterocycles. The van der Waals surface area contributed by atoms with Gasteiger partial charge in [-0.2, -0.15) is 0 Å². The number of aliphatic carboxylic acids is 1. The Hall–Kier alpha value is -1.75. The van der Waals surface area contributed by atoms with Crippen molar-refractivity contribution in [1.29, 1.82) is 0 Å². The van der Waals surface area contributed by atoms with Crippen LogP contribution in [-0.4, -0.2) is 31.8 Å². The summed E-state index contributed by atoms with van der Waals surface area (Å²) in [7, 11) is 2.99. The first kappa shape index (κ1) is 13.3. The molecule has 0 fully saturated rings. The predicted molar refractivity (Wildman–Crippen MR) is 63.7 cm³/mol. The predicted octanol–water partition coefficient (Wildman–Crippen LogP) is 1.14. The third kappa shape index (κ3) is 2.68. The summed E-state index contributed by atoms with van der Waals surface area (Å²) in [5.74, 6) is -0.824. The van der Waals surface area contributed by atoms with Gasteiger partial charge in [-0.05, 0) is 18.6 Å². The van der Waals surface area contributed by atoms with E-state index in [9.17, 15) is 4.79 Å². The number of aryl methyl sites for hydroxylation is 1. The van der Waals surface area contributed by atoms with Crippen molar-refractivity contribution in [3.05, 3.63) is 23.3 Å². The summed E-state index contributed by atoms with van der Waals surface area (Å²) in [5, 5.41) is 9.12. The van der Waals surface area contributed by atoms with Crippen molar-refractivity contribution in [2.24, 2.45) is 5.73 Å². The molecule has 0 aromatic heterocycles. The number of carboxylic acid groups (broad SMARTS) is 1. The zero-order valence-electron chi connectivity index (χ0n) is 10.2. The molecule has 0 spiro atoms. The highest BCUT2D eigenvalue weighted by Gasteiger charge is 2.24. The van der Waals surface area contributed by atoms with Crippen molar-refractivity contribution in [2.75, 3.05) is 20.8 Å². The molecule has 1 atom stereocenters. The Kier molecular flexibility index (Phi) is 4.34. The molecular formula is C12H17NO4. The largest absolute Gasteiger partial charge is 0.493 e. The molecule has 5 nitrogen and oxygen atoms in total. The fourth-order valence-electron chi connectivity index (χ4n) is 1.76. The van der Waals surface area contributed by atoms with E-state index in [0.29, 0.717) is 17.1 Å². The maximum atomic E-state index is 11.1. The van der Waals surface area contributed by atoms with Crippen molar-refractivity contribution in [2.45, 2.75) is 12.8 Å². The average molecular weight is 239 g/mol.